The summed E-state index contributed by atoms with van der Waals surface area (Å²) in [5, 5.41) is 14.1. The van der Waals surface area contributed by atoms with Gasteiger partial charge < -0.3 is 9.88 Å². The van der Waals surface area contributed by atoms with Gasteiger partial charge in [-0.05, 0) is 19.8 Å². The van der Waals surface area contributed by atoms with Gasteiger partial charge >= 0.3 is 5.69 Å². The maximum absolute atomic E-state index is 12.9. The third-order valence-electron chi connectivity index (χ3n) is 4.35. The van der Waals surface area contributed by atoms with E-state index < -0.39 is 5.56 Å². The van der Waals surface area contributed by atoms with Crippen molar-refractivity contribution in [1.29, 1.82) is 0 Å². The molecule has 0 aromatic carbocycles. The summed E-state index contributed by atoms with van der Waals surface area (Å²) in [4.78, 5) is 43.2. The molecule has 1 aliphatic rings. The first-order valence-electron chi connectivity index (χ1n) is 7.91. The maximum Gasteiger partial charge on any atom is 0.340 e. The average Bonchev–Trinajstić information content (AvgIpc) is 3.20. The Morgan fingerprint density at radius 2 is 2.16 bits per heavy atom. The first kappa shape index (κ1) is 15.3. The van der Waals surface area contributed by atoms with E-state index in [9.17, 15) is 14.4 Å². The first-order chi connectivity index (χ1) is 12.0. The Morgan fingerprint density at radius 1 is 1.32 bits per heavy atom. The second-order valence-corrected chi connectivity index (χ2v) is 6.15. The minimum absolute atomic E-state index is 0.0254. The Balaban J connectivity index is 1.65. The first-order valence-corrected chi connectivity index (χ1v) is 7.91. The normalized spacial score (nSPS) is 18.0. The minimum atomic E-state index is -0.404. The molecule has 0 unspecified atom stereocenters. The molecule has 0 bridgehead atoms. The van der Waals surface area contributed by atoms with E-state index in [1.54, 1.807) is 18.0 Å². The molecule has 1 aliphatic heterocycles. The standard InChI is InChI=1S/C14H16N8O3/c1-7-5-22-10(12(23)15-7)9(17-20-22)13(24)21-4-2-3-8(6-21)11-16-14(25)19-18-11/h5,8H,2-4,6H2,1H3,(H,15,23)(H2,16,18,19,25)/t8-/m0/s1. The molecule has 1 atom stereocenters. The summed E-state index contributed by atoms with van der Waals surface area (Å²) in [6, 6.07) is 0. The van der Waals surface area contributed by atoms with Gasteiger partial charge in [-0.1, -0.05) is 5.21 Å². The predicted molar refractivity (Wildman–Crippen MR) is 85.4 cm³/mol. The van der Waals surface area contributed by atoms with Gasteiger partial charge in [0, 0.05) is 24.7 Å². The number of amides is 1. The third kappa shape index (κ3) is 2.62. The molecule has 1 fully saturated rings. The molecule has 3 aromatic rings. The zero-order chi connectivity index (χ0) is 17.6. The SMILES string of the molecule is Cc1cn2nnc(C(=O)N3CCC[C@H](c4n[nH]c(=O)[nH]4)C3)c2c(=O)[nH]1. The largest absolute Gasteiger partial charge is 0.340 e. The Labute approximate surface area is 140 Å². The maximum atomic E-state index is 12.9. The second-order valence-electron chi connectivity index (χ2n) is 6.15. The van der Waals surface area contributed by atoms with Crippen LogP contribution >= 0.6 is 0 Å². The number of carbonyl (C=O) groups excluding carboxylic acids is 1. The lowest BCUT2D eigenvalue weighted by Crippen LogP contribution is -2.40. The van der Waals surface area contributed by atoms with E-state index in [0.29, 0.717) is 24.6 Å². The lowest BCUT2D eigenvalue weighted by molar-refractivity contribution is 0.0700. The van der Waals surface area contributed by atoms with Gasteiger partial charge in [0.2, 0.25) is 0 Å². The molecule has 3 aromatic heterocycles. The minimum Gasteiger partial charge on any atom is -0.336 e. The Bertz CT molecular complexity index is 1060. The van der Waals surface area contributed by atoms with Crippen LogP contribution < -0.4 is 11.2 Å². The highest BCUT2D eigenvalue weighted by atomic mass is 16.2. The van der Waals surface area contributed by atoms with Crippen LogP contribution in [0.1, 0.15) is 40.8 Å². The number of likely N-dealkylation sites (tertiary alicyclic amines) is 1. The summed E-state index contributed by atoms with van der Waals surface area (Å²) < 4.78 is 1.31. The number of aromatic amines is 3. The van der Waals surface area contributed by atoms with Gasteiger partial charge in [0.05, 0.1) is 6.20 Å². The highest BCUT2D eigenvalue weighted by molar-refractivity contribution is 5.98. The molecule has 11 heteroatoms. The van der Waals surface area contributed by atoms with E-state index in [-0.39, 0.29) is 28.7 Å². The van der Waals surface area contributed by atoms with Crippen LogP contribution in [0.15, 0.2) is 15.8 Å². The Kier molecular flexibility index (Phi) is 3.48. The summed E-state index contributed by atoms with van der Waals surface area (Å²) >= 11 is 0. The molecule has 0 spiro atoms. The predicted octanol–water partition coefficient (Wildman–Crippen LogP) is -0.843. The molecule has 3 N–H and O–H groups in total. The van der Waals surface area contributed by atoms with E-state index in [2.05, 4.69) is 30.5 Å². The topological polar surface area (TPSA) is 145 Å². The molecule has 11 nitrogen and oxygen atoms in total. The molecular weight excluding hydrogens is 328 g/mol. The number of aromatic nitrogens is 7. The van der Waals surface area contributed by atoms with Crippen LogP contribution in [0.5, 0.6) is 0 Å². The molecule has 1 saturated heterocycles. The second kappa shape index (κ2) is 5.69. The van der Waals surface area contributed by atoms with E-state index in [4.69, 9.17) is 0 Å². The number of carbonyl (C=O) groups is 1. The van der Waals surface area contributed by atoms with Crippen LogP contribution in [0.3, 0.4) is 0 Å². The average molecular weight is 344 g/mol. The zero-order valence-corrected chi connectivity index (χ0v) is 13.4. The molecular formula is C14H16N8O3. The van der Waals surface area contributed by atoms with E-state index in [1.165, 1.54) is 4.52 Å². The van der Waals surface area contributed by atoms with Crippen LogP contribution in [0.2, 0.25) is 0 Å². The number of piperidine rings is 1. The van der Waals surface area contributed by atoms with Gasteiger partial charge in [-0.25, -0.2) is 14.4 Å². The van der Waals surface area contributed by atoms with Gasteiger partial charge in [-0.3, -0.25) is 14.6 Å². The highest BCUT2D eigenvalue weighted by Crippen LogP contribution is 2.24. The number of nitrogens with zero attached hydrogens (tertiary/aromatic N) is 5. The van der Waals surface area contributed by atoms with Crippen molar-refractivity contribution in [3.05, 3.63) is 44.2 Å². The molecule has 0 saturated carbocycles. The number of hydrogen-bond acceptors (Lipinski definition) is 6. The van der Waals surface area contributed by atoms with E-state index in [1.807, 2.05) is 0 Å². The van der Waals surface area contributed by atoms with Crippen molar-refractivity contribution in [2.45, 2.75) is 25.7 Å². The summed E-state index contributed by atoms with van der Waals surface area (Å²) in [6.45, 7) is 2.67. The van der Waals surface area contributed by atoms with Crippen LogP contribution in [0, 0.1) is 6.92 Å². The summed E-state index contributed by atoms with van der Waals surface area (Å²) in [6.07, 6.45) is 3.18. The van der Waals surface area contributed by atoms with Gasteiger partial charge in [-0.2, -0.15) is 5.10 Å². The molecule has 4 rings (SSSR count). The number of rotatable bonds is 2. The lowest BCUT2D eigenvalue weighted by Gasteiger charge is -2.31. The van der Waals surface area contributed by atoms with Crippen molar-refractivity contribution in [3.8, 4) is 0 Å². The number of nitrogens with one attached hydrogen (secondary N) is 3. The monoisotopic (exact) mass is 344 g/mol. The van der Waals surface area contributed by atoms with Gasteiger partial charge in [0.1, 0.15) is 5.82 Å². The van der Waals surface area contributed by atoms with Crippen LogP contribution in [0.25, 0.3) is 5.52 Å². The molecule has 4 heterocycles. The van der Waals surface area contributed by atoms with Crippen molar-refractivity contribution < 1.29 is 4.79 Å². The zero-order valence-electron chi connectivity index (χ0n) is 13.4. The van der Waals surface area contributed by atoms with Crippen LogP contribution in [-0.4, -0.2) is 58.9 Å². The summed E-state index contributed by atoms with van der Waals surface area (Å²) in [5.41, 5.74) is 0.00781. The Morgan fingerprint density at radius 3 is 2.92 bits per heavy atom. The van der Waals surface area contributed by atoms with Crippen molar-refractivity contribution in [3.63, 3.8) is 0 Å². The molecule has 0 aliphatic carbocycles. The fourth-order valence-electron chi connectivity index (χ4n) is 3.20. The van der Waals surface area contributed by atoms with Crippen LogP contribution in [-0.2, 0) is 0 Å². The van der Waals surface area contributed by atoms with Gasteiger partial charge in [0.25, 0.3) is 11.5 Å². The summed E-state index contributed by atoms with van der Waals surface area (Å²) in [7, 11) is 0. The van der Waals surface area contributed by atoms with Crippen molar-refractivity contribution in [2.24, 2.45) is 0 Å². The van der Waals surface area contributed by atoms with Crippen LogP contribution in [0.4, 0.5) is 0 Å². The number of aryl methyl sites for hydroxylation is 1. The molecule has 130 valence electrons. The molecule has 25 heavy (non-hydrogen) atoms. The van der Waals surface area contributed by atoms with E-state index >= 15 is 0 Å². The summed E-state index contributed by atoms with van der Waals surface area (Å²) in [5.74, 6) is 0.106. The van der Waals surface area contributed by atoms with Gasteiger partial charge in [-0.15, -0.1) is 5.10 Å². The van der Waals surface area contributed by atoms with E-state index in [0.717, 1.165) is 12.8 Å². The molecule has 0 radical (unpaired) electrons. The number of hydrogen-bond donors (Lipinski definition) is 3. The number of H-pyrrole nitrogens is 3. The fraction of sp³-hybridized carbons (Fsp3) is 0.429. The quantitative estimate of drug-likeness (QED) is 0.552. The Hall–Kier alpha value is -3.24. The lowest BCUT2D eigenvalue weighted by atomic mass is 9.97. The van der Waals surface area contributed by atoms with Crippen molar-refractivity contribution in [2.75, 3.05) is 13.1 Å². The highest BCUT2D eigenvalue weighted by Gasteiger charge is 2.30. The van der Waals surface area contributed by atoms with Crippen molar-refractivity contribution >= 4 is 11.4 Å². The molecule has 1 amide bonds. The fourth-order valence-corrected chi connectivity index (χ4v) is 3.20. The van der Waals surface area contributed by atoms with Crippen molar-refractivity contribution in [1.82, 2.24) is 39.9 Å². The number of fused-ring (bicyclic) bond motifs is 1. The smallest absolute Gasteiger partial charge is 0.336 e. The van der Waals surface area contributed by atoms with Gasteiger partial charge in [0.15, 0.2) is 11.2 Å². The third-order valence-corrected chi connectivity index (χ3v) is 4.35.